The van der Waals surface area contributed by atoms with Gasteiger partial charge in [0, 0.05) is 19.8 Å². The Hall–Kier alpha value is -1.52. The van der Waals surface area contributed by atoms with Crippen LogP contribution < -0.4 is 10.4 Å². The van der Waals surface area contributed by atoms with Gasteiger partial charge in [-0.05, 0) is 45.5 Å². The first-order valence-corrected chi connectivity index (χ1v) is 7.21. The Kier molecular flexibility index (Phi) is 4.45. The van der Waals surface area contributed by atoms with E-state index in [-0.39, 0.29) is 0 Å². The molecular weight excluding hydrogens is 253 g/mol. The van der Waals surface area contributed by atoms with Crippen molar-refractivity contribution >= 4 is 41.6 Å². The molecule has 0 unspecified atom stereocenters. The Morgan fingerprint density at radius 2 is 1.89 bits per heavy atom. The highest BCUT2D eigenvalue weighted by Crippen LogP contribution is 2.16. The molecule has 0 fully saturated rings. The van der Waals surface area contributed by atoms with Crippen LogP contribution in [0, 0.1) is 0 Å². The van der Waals surface area contributed by atoms with Crippen LogP contribution in [-0.2, 0) is 0 Å². The molecule has 0 bridgehead atoms. The van der Waals surface area contributed by atoms with Crippen LogP contribution in [0.3, 0.4) is 0 Å². The maximum atomic E-state index is 9.77. The van der Waals surface area contributed by atoms with Gasteiger partial charge in [-0.25, -0.2) is 0 Å². The zero-order chi connectivity index (χ0) is 13.8. The second kappa shape index (κ2) is 6.09. The van der Waals surface area contributed by atoms with Crippen molar-refractivity contribution in [1.82, 2.24) is 0 Å². The lowest BCUT2D eigenvalue weighted by Gasteiger charge is -2.15. The number of thiophene rings is 1. The van der Waals surface area contributed by atoms with Gasteiger partial charge in [0.25, 0.3) is 0 Å². The molecule has 0 atom stereocenters. The molecule has 0 aliphatic carbocycles. The fourth-order valence-corrected chi connectivity index (χ4v) is 2.45. The molecule has 4 heteroatoms. The Morgan fingerprint density at radius 1 is 1.16 bits per heavy atom. The minimum absolute atomic E-state index is 0.451. The highest BCUT2D eigenvalue weighted by molar-refractivity contribution is 7.08. The van der Waals surface area contributed by atoms with Gasteiger partial charge in [-0.2, -0.15) is 11.3 Å². The van der Waals surface area contributed by atoms with Crippen molar-refractivity contribution < 1.29 is 5.02 Å². The smallest absolute Gasteiger partial charge is 0.320 e. The first-order chi connectivity index (χ1) is 9.06. The summed E-state index contributed by atoms with van der Waals surface area (Å²) in [7, 11) is 4.01. The van der Waals surface area contributed by atoms with Gasteiger partial charge in [-0.15, -0.1) is 0 Å². The Morgan fingerprint density at radius 3 is 2.47 bits per heavy atom. The Balaban J connectivity index is 2.33. The highest BCUT2D eigenvalue weighted by atomic mass is 32.1. The molecule has 0 amide bonds. The van der Waals surface area contributed by atoms with Crippen molar-refractivity contribution in [2.45, 2.75) is 6.82 Å². The maximum absolute atomic E-state index is 9.77. The number of hydrogen-bond acceptors (Lipinski definition) is 3. The molecule has 2 aromatic rings. The predicted molar refractivity (Wildman–Crippen MR) is 87.5 cm³/mol. The van der Waals surface area contributed by atoms with Crippen LogP contribution in [0.1, 0.15) is 11.1 Å². The molecule has 19 heavy (non-hydrogen) atoms. The summed E-state index contributed by atoms with van der Waals surface area (Å²) in [4.78, 5) is 2.05. The van der Waals surface area contributed by atoms with Crippen LogP contribution >= 0.6 is 11.3 Å². The second-order valence-electron chi connectivity index (χ2n) is 4.82. The maximum Gasteiger partial charge on any atom is 0.320 e. The summed E-state index contributed by atoms with van der Waals surface area (Å²) in [6.45, 7) is 1.34. The number of anilines is 1. The highest BCUT2D eigenvalue weighted by Gasteiger charge is 2.09. The van der Waals surface area contributed by atoms with Crippen LogP contribution in [0.2, 0.25) is 6.82 Å². The molecule has 0 aliphatic rings. The van der Waals surface area contributed by atoms with Gasteiger partial charge in [-0.3, -0.25) is 0 Å². The zero-order valence-electron chi connectivity index (χ0n) is 11.5. The molecule has 98 valence electrons. The molecular formula is C15H18BNOS. The SMILES string of the molecule is CB(O)c1cc(/C=C/c2ccsc2)cc(N(C)C)c1. The minimum Gasteiger partial charge on any atom is -0.446 e. The van der Waals surface area contributed by atoms with E-state index < -0.39 is 6.92 Å². The molecule has 1 aromatic carbocycles. The predicted octanol–water partition coefficient (Wildman–Crippen LogP) is 2.81. The van der Waals surface area contributed by atoms with Crippen LogP contribution in [0.15, 0.2) is 35.0 Å². The number of rotatable bonds is 4. The molecule has 0 spiro atoms. The van der Waals surface area contributed by atoms with Gasteiger partial charge in [0.1, 0.15) is 0 Å². The molecule has 1 heterocycles. The van der Waals surface area contributed by atoms with Gasteiger partial charge in [0.05, 0.1) is 0 Å². The second-order valence-corrected chi connectivity index (χ2v) is 5.60. The lowest BCUT2D eigenvalue weighted by Crippen LogP contribution is -2.27. The zero-order valence-corrected chi connectivity index (χ0v) is 12.3. The average Bonchev–Trinajstić information content (AvgIpc) is 2.89. The van der Waals surface area contributed by atoms with E-state index in [0.29, 0.717) is 0 Å². The average molecular weight is 271 g/mol. The number of nitrogens with zero attached hydrogens (tertiary/aromatic N) is 1. The van der Waals surface area contributed by atoms with Crippen molar-refractivity contribution in [3.05, 3.63) is 46.2 Å². The topological polar surface area (TPSA) is 23.5 Å². The first-order valence-electron chi connectivity index (χ1n) is 6.27. The van der Waals surface area contributed by atoms with E-state index in [9.17, 15) is 5.02 Å². The van der Waals surface area contributed by atoms with Crippen LogP contribution in [0.25, 0.3) is 12.2 Å². The third kappa shape index (κ3) is 3.72. The summed E-state index contributed by atoms with van der Waals surface area (Å²) in [5.74, 6) is 0. The van der Waals surface area contributed by atoms with E-state index in [2.05, 4.69) is 35.0 Å². The van der Waals surface area contributed by atoms with E-state index in [0.717, 1.165) is 16.7 Å². The number of hydrogen-bond donors (Lipinski definition) is 1. The largest absolute Gasteiger partial charge is 0.446 e. The molecule has 2 nitrogen and oxygen atoms in total. The summed E-state index contributed by atoms with van der Waals surface area (Å²) < 4.78 is 0. The third-order valence-corrected chi connectivity index (χ3v) is 3.67. The van der Waals surface area contributed by atoms with Crippen LogP contribution in [0.5, 0.6) is 0 Å². The molecule has 2 rings (SSSR count). The Labute approximate surface area is 119 Å². The van der Waals surface area contributed by atoms with Gasteiger partial charge >= 0.3 is 6.92 Å². The van der Waals surface area contributed by atoms with Gasteiger partial charge in [0.2, 0.25) is 0 Å². The van der Waals surface area contributed by atoms with E-state index in [1.165, 1.54) is 5.56 Å². The van der Waals surface area contributed by atoms with Crippen molar-refractivity contribution in [3.8, 4) is 0 Å². The van der Waals surface area contributed by atoms with Crippen LogP contribution in [-0.4, -0.2) is 26.0 Å². The van der Waals surface area contributed by atoms with Crippen molar-refractivity contribution in [1.29, 1.82) is 0 Å². The fraction of sp³-hybridized carbons (Fsp3) is 0.200. The molecule has 0 aliphatic heterocycles. The van der Waals surface area contributed by atoms with Crippen LogP contribution in [0.4, 0.5) is 5.69 Å². The summed E-state index contributed by atoms with van der Waals surface area (Å²) in [6.07, 6.45) is 4.18. The molecule has 1 N–H and O–H groups in total. The molecule has 1 aromatic heterocycles. The molecule has 0 radical (unpaired) electrons. The molecule has 0 saturated heterocycles. The Bertz CT molecular complexity index is 535. The van der Waals surface area contributed by atoms with E-state index in [1.807, 2.05) is 31.1 Å². The van der Waals surface area contributed by atoms with Gasteiger partial charge in [-0.1, -0.05) is 25.0 Å². The third-order valence-electron chi connectivity index (χ3n) is 2.97. The quantitative estimate of drug-likeness (QED) is 0.864. The standard InChI is InChI=1S/C15H18BNOS/c1-16(18)14-8-13(9-15(10-14)17(2)3)5-4-12-6-7-19-11-12/h4-11,18H,1-3H3/b5-4+. The van der Waals surface area contributed by atoms with Crippen molar-refractivity contribution in [2.24, 2.45) is 0 Å². The van der Waals surface area contributed by atoms with Gasteiger partial charge in [0.15, 0.2) is 0 Å². The summed E-state index contributed by atoms with van der Waals surface area (Å²) in [5, 5.41) is 13.9. The lowest BCUT2D eigenvalue weighted by atomic mass is 9.64. The van der Waals surface area contributed by atoms with E-state index >= 15 is 0 Å². The van der Waals surface area contributed by atoms with Crippen molar-refractivity contribution in [3.63, 3.8) is 0 Å². The molecule has 0 saturated carbocycles. The monoisotopic (exact) mass is 271 g/mol. The fourth-order valence-electron chi connectivity index (χ4n) is 1.82. The summed E-state index contributed by atoms with van der Waals surface area (Å²) >= 11 is 1.69. The normalized spacial score (nSPS) is 10.9. The van der Waals surface area contributed by atoms with E-state index in [4.69, 9.17) is 0 Å². The number of benzene rings is 1. The minimum atomic E-state index is -0.451. The van der Waals surface area contributed by atoms with E-state index in [1.54, 1.807) is 18.2 Å². The summed E-state index contributed by atoms with van der Waals surface area (Å²) in [5.41, 5.74) is 4.35. The van der Waals surface area contributed by atoms with Gasteiger partial charge < -0.3 is 9.92 Å². The first kappa shape index (κ1) is 13.9. The van der Waals surface area contributed by atoms with Crippen molar-refractivity contribution in [2.75, 3.05) is 19.0 Å². The lowest BCUT2D eigenvalue weighted by molar-refractivity contribution is 0.594. The summed E-state index contributed by atoms with van der Waals surface area (Å²) in [6, 6.07) is 8.26.